The van der Waals surface area contributed by atoms with E-state index >= 15 is 0 Å². The number of halogens is 2. The van der Waals surface area contributed by atoms with Gasteiger partial charge in [0, 0.05) is 12.0 Å². The van der Waals surface area contributed by atoms with Crippen LogP contribution in [0.25, 0.3) is 0 Å². The van der Waals surface area contributed by atoms with Crippen LogP contribution in [0.15, 0.2) is 30.9 Å². The van der Waals surface area contributed by atoms with Crippen molar-refractivity contribution in [3.8, 4) is 5.75 Å². The molecule has 0 bridgehead atoms. The van der Waals surface area contributed by atoms with Gasteiger partial charge in [0.15, 0.2) is 0 Å². The third kappa shape index (κ3) is 2.55. The Morgan fingerprint density at radius 1 is 1.47 bits per heavy atom. The SMILES string of the molecule is C=CCC(F)(F)c1ccc(C)c(OC)c1. The summed E-state index contributed by atoms with van der Waals surface area (Å²) in [5, 5.41) is 0. The van der Waals surface area contributed by atoms with Crippen LogP contribution in [0.5, 0.6) is 5.75 Å². The van der Waals surface area contributed by atoms with Crippen LogP contribution in [0.1, 0.15) is 17.5 Å². The fourth-order valence-corrected chi connectivity index (χ4v) is 1.35. The van der Waals surface area contributed by atoms with Crippen molar-refractivity contribution in [1.29, 1.82) is 0 Å². The van der Waals surface area contributed by atoms with E-state index in [9.17, 15) is 8.78 Å². The molecule has 0 aliphatic carbocycles. The number of hydrogen-bond acceptors (Lipinski definition) is 1. The maximum absolute atomic E-state index is 13.5. The lowest BCUT2D eigenvalue weighted by Crippen LogP contribution is -2.12. The van der Waals surface area contributed by atoms with Crippen molar-refractivity contribution in [2.24, 2.45) is 0 Å². The Bertz CT molecular complexity index is 359. The van der Waals surface area contributed by atoms with E-state index in [0.717, 1.165) is 5.56 Å². The first-order chi connectivity index (χ1) is 7.01. The molecule has 0 radical (unpaired) electrons. The van der Waals surface area contributed by atoms with E-state index in [-0.39, 0.29) is 12.0 Å². The molecule has 0 atom stereocenters. The zero-order chi connectivity index (χ0) is 11.5. The Kier molecular flexibility index (Phi) is 3.45. The van der Waals surface area contributed by atoms with Gasteiger partial charge in [-0.3, -0.25) is 0 Å². The molecule has 0 unspecified atom stereocenters. The van der Waals surface area contributed by atoms with E-state index in [0.29, 0.717) is 5.75 Å². The summed E-state index contributed by atoms with van der Waals surface area (Å²) in [6.45, 7) is 5.13. The first-order valence-electron chi connectivity index (χ1n) is 4.65. The zero-order valence-electron chi connectivity index (χ0n) is 8.89. The molecule has 1 aromatic rings. The number of benzene rings is 1. The van der Waals surface area contributed by atoms with Crippen molar-refractivity contribution >= 4 is 0 Å². The molecule has 0 aliphatic rings. The molecule has 0 saturated carbocycles. The van der Waals surface area contributed by atoms with Crippen molar-refractivity contribution in [2.75, 3.05) is 7.11 Å². The predicted octanol–water partition coefficient (Wildman–Crippen LogP) is 3.67. The second-order valence-corrected chi connectivity index (χ2v) is 3.38. The van der Waals surface area contributed by atoms with Crippen molar-refractivity contribution in [3.05, 3.63) is 42.0 Å². The standard InChI is InChI=1S/C12H14F2O/c1-4-7-12(13,14)10-6-5-9(2)11(8-10)15-3/h4-6,8H,1,7H2,2-3H3. The molecule has 1 rings (SSSR count). The number of methoxy groups -OCH3 is 1. The highest BCUT2D eigenvalue weighted by Crippen LogP contribution is 2.34. The van der Waals surface area contributed by atoms with Gasteiger partial charge in [0.2, 0.25) is 0 Å². The monoisotopic (exact) mass is 212 g/mol. The maximum atomic E-state index is 13.5. The minimum atomic E-state index is -2.87. The highest BCUT2D eigenvalue weighted by atomic mass is 19.3. The van der Waals surface area contributed by atoms with Crippen LogP contribution in [0.3, 0.4) is 0 Å². The van der Waals surface area contributed by atoms with Crippen molar-refractivity contribution < 1.29 is 13.5 Å². The topological polar surface area (TPSA) is 9.23 Å². The average molecular weight is 212 g/mol. The summed E-state index contributed by atoms with van der Waals surface area (Å²) in [7, 11) is 1.47. The second kappa shape index (κ2) is 4.43. The fourth-order valence-electron chi connectivity index (χ4n) is 1.35. The molecule has 0 aliphatic heterocycles. The van der Waals surface area contributed by atoms with Crippen LogP contribution in [0.4, 0.5) is 8.78 Å². The maximum Gasteiger partial charge on any atom is 0.276 e. The Hall–Kier alpha value is -1.38. The van der Waals surface area contributed by atoms with Gasteiger partial charge in [-0.15, -0.1) is 6.58 Å². The number of alkyl halides is 2. The molecule has 0 heterocycles. The first-order valence-corrected chi connectivity index (χ1v) is 4.65. The molecule has 15 heavy (non-hydrogen) atoms. The predicted molar refractivity (Wildman–Crippen MR) is 56.4 cm³/mol. The molecular formula is C12H14F2O. The van der Waals surface area contributed by atoms with Crippen LogP contribution >= 0.6 is 0 Å². The molecule has 82 valence electrons. The summed E-state index contributed by atoms with van der Waals surface area (Å²) in [4.78, 5) is 0. The van der Waals surface area contributed by atoms with E-state index in [4.69, 9.17) is 4.74 Å². The quantitative estimate of drug-likeness (QED) is 0.692. The third-order valence-electron chi connectivity index (χ3n) is 2.23. The van der Waals surface area contributed by atoms with Gasteiger partial charge in [-0.05, 0) is 18.6 Å². The molecule has 3 heteroatoms. The summed E-state index contributed by atoms with van der Waals surface area (Å²) in [5.41, 5.74) is 0.806. The second-order valence-electron chi connectivity index (χ2n) is 3.38. The summed E-state index contributed by atoms with van der Waals surface area (Å²) in [6.07, 6.45) is 0.853. The van der Waals surface area contributed by atoms with Crippen LogP contribution in [-0.2, 0) is 5.92 Å². The van der Waals surface area contributed by atoms with Gasteiger partial charge < -0.3 is 4.74 Å². The van der Waals surface area contributed by atoms with Gasteiger partial charge in [-0.25, -0.2) is 8.78 Å². The fraction of sp³-hybridized carbons (Fsp3) is 0.333. The summed E-state index contributed by atoms with van der Waals surface area (Å²) in [5.74, 6) is -2.39. The molecule has 0 saturated heterocycles. The largest absolute Gasteiger partial charge is 0.496 e. The van der Waals surface area contributed by atoms with Crippen molar-refractivity contribution in [1.82, 2.24) is 0 Å². The van der Waals surface area contributed by atoms with Gasteiger partial charge in [0.1, 0.15) is 5.75 Å². The van der Waals surface area contributed by atoms with E-state index in [1.165, 1.54) is 25.3 Å². The molecule has 0 N–H and O–H groups in total. The number of rotatable bonds is 4. The Labute approximate surface area is 88.4 Å². The molecule has 0 fully saturated rings. The Morgan fingerprint density at radius 2 is 2.13 bits per heavy atom. The lowest BCUT2D eigenvalue weighted by Gasteiger charge is -2.16. The lowest BCUT2D eigenvalue weighted by atomic mass is 10.0. The highest BCUT2D eigenvalue weighted by molar-refractivity contribution is 5.38. The smallest absolute Gasteiger partial charge is 0.276 e. The molecule has 0 spiro atoms. The van der Waals surface area contributed by atoms with Gasteiger partial charge in [0.25, 0.3) is 5.92 Å². The summed E-state index contributed by atoms with van der Waals surface area (Å²) < 4.78 is 32.0. The van der Waals surface area contributed by atoms with Gasteiger partial charge in [-0.2, -0.15) is 0 Å². The molecule has 0 aromatic heterocycles. The molecule has 1 nitrogen and oxygen atoms in total. The minimum Gasteiger partial charge on any atom is -0.496 e. The first kappa shape index (κ1) is 11.7. The summed E-state index contributed by atoms with van der Waals surface area (Å²) in [6, 6.07) is 4.42. The number of allylic oxidation sites excluding steroid dienone is 1. The van der Waals surface area contributed by atoms with Gasteiger partial charge >= 0.3 is 0 Å². The third-order valence-corrected chi connectivity index (χ3v) is 2.23. The van der Waals surface area contributed by atoms with Crippen molar-refractivity contribution in [3.63, 3.8) is 0 Å². The molecule has 0 amide bonds. The normalized spacial score (nSPS) is 11.2. The van der Waals surface area contributed by atoms with Crippen LogP contribution < -0.4 is 4.74 Å². The van der Waals surface area contributed by atoms with Crippen LogP contribution in [0, 0.1) is 6.92 Å². The number of hydrogen-bond donors (Lipinski definition) is 0. The zero-order valence-corrected chi connectivity index (χ0v) is 8.89. The van der Waals surface area contributed by atoms with Crippen LogP contribution in [0.2, 0.25) is 0 Å². The highest BCUT2D eigenvalue weighted by Gasteiger charge is 2.30. The Balaban J connectivity index is 3.10. The van der Waals surface area contributed by atoms with E-state index in [1.807, 2.05) is 6.92 Å². The summed E-state index contributed by atoms with van der Waals surface area (Å²) >= 11 is 0. The van der Waals surface area contributed by atoms with Gasteiger partial charge in [-0.1, -0.05) is 18.2 Å². The Morgan fingerprint density at radius 3 is 2.67 bits per heavy atom. The van der Waals surface area contributed by atoms with E-state index < -0.39 is 5.92 Å². The van der Waals surface area contributed by atoms with Crippen LogP contribution in [-0.4, -0.2) is 7.11 Å². The lowest BCUT2D eigenvalue weighted by molar-refractivity contribution is -0.00105. The molecule has 1 aromatic carbocycles. The van der Waals surface area contributed by atoms with Gasteiger partial charge in [0.05, 0.1) is 7.11 Å². The van der Waals surface area contributed by atoms with E-state index in [1.54, 1.807) is 6.07 Å². The van der Waals surface area contributed by atoms with Crippen molar-refractivity contribution in [2.45, 2.75) is 19.3 Å². The number of ether oxygens (including phenoxy) is 1. The average Bonchev–Trinajstić information content (AvgIpc) is 2.18. The van der Waals surface area contributed by atoms with E-state index in [2.05, 4.69) is 6.58 Å². The molecular weight excluding hydrogens is 198 g/mol. The number of aryl methyl sites for hydroxylation is 1. The minimum absolute atomic E-state index is 0.0372.